The van der Waals surface area contributed by atoms with Gasteiger partial charge in [0, 0.05) is 35.8 Å². The van der Waals surface area contributed by atoms with E-state index in [1.807, 2.05) is 18.2 Å². The van der Waals surface area contributed by atoms with E-state index < -0.39 is 23.8 Å². The number of nitriles is 1. The molecule has 0 bridgehead atoms. The van der Waals surface area contributed by atoms with Crippen LogP contribution in [0.4, 0.5) is 0 Å². The molecule has 100 valence electrons. The summed E-state index contributed by atoms with van der Waals surface area (Å²) in [6, 6.07) is 7.85. The summed E-state index contributed by atoms with van der Waals surface area (Å²) in [7, 11) is 0. The molecule has 1 aliphatic carbocycles. The Bertz CT molecular complexity index is 613. The van der Waals surface area contributed by atoms with Gasteiger partial charge < -0.3 is 4.74 Å². The first kappa shape index (κ1) is 8.71. The van der Waals surface area contributed by atoms with Crippen LogP contribution in [0.15, 0.2) is 24.4 Å². The summed E-state index contributed by atoms with van der Waals surface area (Å²) < 4.78 is 38.0. The van der Waals surface area contributed by atoms with Crippen molar-refractivity contribution in [2.45, 2.75) is 55.9 Å². The maximum atomic E-state index is 9.31. The minimum absolute atomic E-state index is 0.0208. The maximum Gasteiger partial charge on any atom is 0.0692 e. The van der Waals surface area contributed by atoms with Gasteiger partial charge in [-0.1, -0.05) is 18.8 Å². The van der Waals surface area contributed by atoms with Gasteiger partial charge in [0.15, 0.2) is 0 Å². The van der Waals surface area contributed by atoms with Gasteiger partial charge >= 0.3 is 0 Å². The molecule has 3 rings (SSSR count). The third kappa shape index (κ3) is 2.26. The van der Waals surface area contributed by atoms with E-state index in [0.29, 0.717) is 19.4 Å². The van der Waals surface area contributed by atoms with Gasteiger partial charge in [-0.05, 0) is 37.8 Å². The van der Waals surface area contributed by atoms with E-state index in [0.717, 1.165) is 5.69 Å². The zero-order valence-corrected chi connectivity index (χ0v) is 10.9. The van der Waals surface area contributed by atoms with E-state index in [1.54, 1.807) is 6.20 Å². The highest BCUT2D eigenvalue weighted by molar-refractivity contribution is 5.22. The van der Waals surface area contributed by atoms with Crippen LogP contribution in [0.25, 0.3) is 0 Å². The third-order valence-corrected chi connectivity index (χ3v) is 4.22. The Morgan fingerprint density at radius 2 is 2.21 bits per heavy atom. The maximum absolute atomic E-state index is 9.31. The van der Waals surface area contributed by atoms with E-state index in [4.69, 9.17) is 10.2 Å². The normalized spacial score (nSPS) is 37.6. The average Bonchev–Trinajstić information content (AvgIpc) is 2.64. The Morgan fingerprint density at radius 1 is 1.37 bits per heavy atom. The molecule has 2 aliphatic rings. The van der Waals surface area contributed by atoms with Gasteiger partial charge in [0.05, 0.1) is 11.7 Å². The fraction of sp³-hybridized carbons (Fsp3) is 0.625. The summed E-state index contributed by atoms with van der Waals surface area (Å²) in [6.45, 7) is 0.393. The van der Waals surface area contributed by atoms with Crippen LogP contribution in [-0.4, -0.2) is 17.2 Å². The predicted octanol–water partition coefficient (Wildman–Crippen LogP) is 3.36. The summed E-state index contributed by atoms with van der Waals surface area (Å²) in [6.07, 6.45) is -0.750. The summed E-state index contributed by atoms with van der Waals surface area (Å²) in [5, 5.41) is 9.31. The van der Waals surface area contributed by atoms with Crippen molar-refractivity contribution in [3.05, 3.63) is 30.1 Å². The number of aromatic nitrogens is 1. The van der Waals surface area contributed by atoms with Crippen molar-refractivity contribution in [3.63, 3.8) is 0 Å². The van der Waals surface area contributed by atoms with E-state index in [2.05, 4.69) is 11.1 Å². The minimum Gasteiger partial charge on any atom is -0.375 e. The zero-order chi connectivity index (χ0) is 16.8. The second kappa shape index (κ2) is 4.94. The van der Waals surface area contributed by atoms with Crippen LogP contribution < -0.4 is 0 Å². The molecule has 2 heterocycles. The van der Waals surface area contributed by atoms with Gasteiger partial charge in [-0.25, -0.2) is 0 Å². The third-order valence-electron chi connectivity index (χ3n) is 4.22. The van der Waals surface area contributed by atoms with E-state index in [1.165, 1.54) is 0 Å². The molecule has 2 fully saturated rings. The van der Waals surface area contributed by atoms with E-state index >= 15 is 0 Å². The Morgan fingerprint density at radius 3 is 2.89 bits per heavy atom. The number of nitrogens with zero attached hydrogens (tertiary/aromatic N) is 2. The lowest BCUT2D eigenvalue weighted by atomic mass is 9.68. The lowest BCUT2D eigenvalue weighted by Gasteiger charge is -2.45. The monoisotopic (exact) mass is 260 g/mol. The summed E-state index contributed by atoms with van der Waals surface area (Å²) in [5.74, 6) is 0. The molecule has 0 radical (unpaired) electrons. The van der Waals surface area contributed by atoms with Crippen molar-refractivity contribution in [1.82, 2.24) is 4.98 Å². The fourth-order valence-corrected chi connectivity index (χ4v) is 3.24. The van der Waals surface area contributed by atoms with Crippen molar-refractivity contribution in [3.8, 4) is 6.07 Å². The summed E-state index contributed by atoms with van der Waals surface area (Å²) >= 11 is 0. The molecule has 0 amide bonds. The van der Waals surface area contributed by atoms with Crippen LogP contribution in [-0.2, 0) is 10.2 Å². The van der Waals surface area contributed by atoms with Gasteiger partial charge in [-0.3, -0.25) is 4.98 Å². The highest BCUT2D eigenvalue weighted by Gasteiger charge is 2.48. The molecule has 1 aliphatic heterocycles. The number of hydrogen-bond acceptors (Lipinski definition) is 3. The van der Waals surface area contributed by atoms with Gasteiger partial charge in [-0.15, -0.1) is 0 Å². The second-order valence-electron chi connectivity index (χ2n) is 5.50. The van der Waals surface area contributed by atoms with Crippen molar-refractivity contribution in [2.75, 3.05) is 6.61 Å². The SMILES string of the molecule is [2H]C1([2H])CC2(CC(CC#N)(c3ccccn3)CCO2)CC1([2H])[2H]. The highest BCUT2D eigenvalue weighted by atomic mass is 16.5. The van der Waals surface area contributed by atoms with Crippen molar-refractivity contribution < 1.29 is 10.2 Å². The number of rotatable bonds is 2. The lowest BCUT2D eigenvalue weighted by molar-refractivity contribution is -0.102. The molecule has 19 heavy (non-hydrogen) atoms. The molecule has 1 spiro atoms. The van der Waals surface area contributed by atoms with Gasteiger partial charge in [0.2, 0.25) is 0 Å². The molecule has 3 heteroatoms. The summed E-state index contributed by atoms with van der Waals surface area (Å²) in [4.78, 5) is 4.43. The standard InChI is InChI=1S/C16H20N2O/c17-10-8-15(14-5-1-4-11-18-14)9-12-19-16(13-15)6-2-3-7-16/h1,4-5,11H,2-3,6-9,12-13H2/i2D2,3D2. The van der Waals surface area contributed by atoms with Crippen molar-refractivity contribution >= 4 is 0 Å². The molecule has 1 unspecified atom stereocenters. The van der Waals surface area contributed by atoms with Crippen LogP contribution in [0.2, 0.25) is 0 Å². The van der Waals surface area contributed by atoms with Crippen LogP contribution >= 0.6 is 0 Å². The number of pyridine rings is 1. The Balaban J connectivity index is 1.98. The average molecular weight is 260 g/mol. The predicted molar refractivity (Wildman–Crippen MR) is 72.5 cm³/mol. The van der Waals surface area contributed by atoms with E-state index in [9.17, 15) is 5.26 Å². The molecule has 1 saturated carbocycles. The molecule has 1 atom stereocenters. The van der Waals surface area contributed by atoms with Crippen molar-refractivity contribution in [1.29, 1.82) is 5.26 Å². The molecular weight excluding hydrogens is 236 g/mol. The van der Waals surface area contributed by atoms with E-state index in [-0.39, 0.29) is 19.3 Å². The molecule has 0 aromatic carbocycles. The first-order valence-corrected chi connectivity index (χ1v) is 6.67. The smallest absolute Gasteiger partial charge is 0.0692 e. The zero-order valence-electron chi connectivity index (χ0n) is 14.9. The largest absolute Gasteiger partial charge is 0.375 e. The van der Waals surface area contributed by atoms with Gasteiger partial charge in [0.1, 0.15) is 0 Å². The molecule has 0 N–H and O–H groups in total. The van der Waals surface area contributed by atoms with Gasteiger partial charge in [0.25, 0.3) is 0 Å². The fourth-order valence-electron chi connectivity index (χ4n) is 3.24. The number of ether oxygens (including phenoxy) is 1. The lowest BCUT2D eigenvalue weighted by Crippen LogP contribution is -2.46. The quantitative estimate of drug-likeness (QED) is 0.819. The van der Waals surface area contributed by atoms with Crippen LogP contribution in [0, 0.1) is 11.3 Å². The summed E-state index contributed by atoms with van der Waals surface area (Å²) in [5.41, 5.74) is -0.540. The van der Waals surface area contributed by atoms with Crippen LogP contribution in [0.5, 0.6) is 0 Å². The molecule has 1 aromatic heterocycles. The van der Waals surface area contributed by atoms with Crippen LogP contribution in [0.3, 0.4) is 0 Å². The minimum atomic E-state index is -1.92. The molecular formula is C16H20N2O. The highest BCUT2D eigenvalue weighted by Crippen LogP contribution is 2.49. The topological polar surface area (TPSA) is 45.9 Å². The van der Waals surface area contributed by atoms with Gasteiger partial charge in [-0.2, -0.15) is 5.26 Å². The van der Waals surface area contributed by atoms with Crippen molar-refractivity contribution in [2.24, 2.45) is 0 Å². The second-order valence-corrected chi connectivity index (χ2v) is 5.50. The molecule has 1 saturated heterocycles. The Kier molecular flexibility index (Phi) is 2.26. The Labute approximate surface area is 120 Å². The molecule has 3 nitrogen and oxygen atoms in total. The first-order valence-electron chi connectivity index (χ1n) is 8.67. The molecule has 1 aromatic rings. The first-order chi connectivity index (χ1) is 10.7. The number of hydrogen-bond donors (Lipinski definition) is 0. The van der Waals surface area contributed by atoms with Crippen LogP contribution in [0.1, 0.15) is 56.0 Å². The Hall–Kier alpha value is -1.40.